The van der Waals surface area contributed by atoms with Gasteiger partial charge in [0.05, 0.1) is 11.9 Å². The zero-order chi connectivity index (χ0) is 13.8. The van der Waals surface area contributed by atoms with Gasteiger partial charge in [0.25, 0.3) is 0 Å². The highest BCUT2D eigenvalue weighted by molar-refractivity contribution is 5.39. The van der Waals surface area contributed by atoms with Gasteiger partial charge in [-0.3, -0.25) is 0 Å². The van der Waals surface area contributed by atoms with Crippen LogP contribution in [0.1, 0.15) is 24.6 Å². The molecule has 2 rings (SSSR count). The summed E-state index contributed by atoms with van der Waals surface area (Å²) in [6.07, 6.45) is 2.48. The van der Waals surface area contributed by atoms with Crippen LogP contribution in [0.5, 0.6) is 0 Å². The van der Waals surface area contributed by atoms with Gasteiger partial charge < -0.3 is 5.32 Å². The van der Waals surface area contributed by atoms with Crippen molar-refractivity contribution in [2.24, 2.45) is 0 Å². The Morgan fingerprint density at radius 1 is 1.32 bits per heavy atom. The third-order valence-corrected chi connectivity index (χ3v) is 2.82. The number of nitrogens with zero attached hydrogens (tertiary/aromatic N) is 3. The first-order valence-electron chi connectivity index (χ1n) is 6.20. The minimum Gasteiger partial charge on any atom is -0.311 e. The Bertz CT molecular complexity index is 566. The number of halogens is 2. The van der Waals surface area contributed by atoms with Gasteiger partial charge >= 0.3 is 0 Å². The van der Waals surface area contributed by atoms with Crippen LogP contribution in [0, 0.1) is 18.6 Å². The average molecular weight is 266 g/mol. The van der Waals surface area contributed by atoms with E-state index >= 15 is 0 Å². The first kappa shape index (κ1) is 13.6. The molecule has 1 heterocycles. The van der Waals surface area contributed by atoms with Crippen molar-refractivity contribution in [3.8, 4) is 5.69 Å². The predicted octanol–water partition coefficient (Wildman–Crippen LogP) is 2.35. The molecule has 4 nitrogen and oxygen atoms in total. The zero-order valence-corrected chi connectivity index (χ0v) is 11.0. The second-order valence-electron chi connectivity index (χ2n) is 4.34. The van der Waals surface area contributed by atoms with Crippen LogP contribution >= 0.6 is 0 Å². The smallest absolute Gasteiger partial charge is 0.154 e. The van der Waals surface area contributed by atoms with Gasteiger partial charge in [-0.2, -0.15) is 0 Å². The molecule has 0 aliphatic carbocycles. The highest BCUT2D eigenvalue weighted by Gasteiger charge is 2.17. The number of benzene rings is 1. The van der Waals surface area contributed by atoms with Crippen LogP contribution in [0.4, 0.5) is 8.78 Å². The van der Waals surface area contributed by atoms with E-state index in [1.807, 2.05) is 6.92 Å². The van der Waals surface area contributed by atoms with Crippen LogP contribution in [0.15, 0.2) is 18.3 Å². The average Bonchev–Trinajstić information content (AvgIpc) is 2.83. The molecule has 0 atom stereocenters. The fourth-order valence-electron chi connectivity index (χ4n) is 1.79. The molecule has 0 saturated carbocycles. The van der Waals surface area contributed by atoms with Crippen LogP contribution in [-0.2, 0) is 6.54 Å². The highest BCUT2D eigenvalue weighted by Crippen LogP contribution is 2.21. The van der Waals surface area contributed by atoms with E-state index in [0.717, 1.165) is 13.0 Å². The molecule has 0 spiro atoms. The molecule has 0 fully saturated rings. The van der Waals surface area contributed by atoms with Crippen LogP contribution in [0.2, 0.25) is 0 Å². The van der Waals surface area contributed by atoms with E-state index in [2.05, 4.69) is 15.6 Å². The third kappa shape index (κ3) is 2.78. The number of aryl methyl sites for hydroxylation is 1. The first-order valence-corrected chi connectivity index (χ1v) is 6.20. The maximum absolute atomic E-state index is 14.0. The van der Waals surface area contributed by atoms with Crippen molar-refractivity contribution in [1.29, 1.82) is 0 Å². The third-order valence-electron chi connectivity index (χ3n) is 2.82. The van der Waals surface area contributed by atoms with Gasteiger partial charge in [-0.15, -0.1) is 5.10 Å². The van der Waals surface area contributed by atoms with E-state index in [9.17, 15) is 8.78 Å². The summed E-state index contributed by atoms with van der Waals surface area (Å²) in [4.78, 5) is 0. The molecular weight excluding hydrogens is 250 g/mol. The minimum atomic E-state index is -0.648. The highest BCUT2D eigenvalue weighted by atomic mass is 19.1. The Morgan fingerprint density at radius 2 is 2.11 bits per heavy atom. The molecule has 0 bridgehead atoms. The Morgan fingerprint density at radius 3 is 2.84 bits per heavy atom. The topological polar surface area (TPSA) is 42.7 Å². The SMILES string of the molecule is CCCNCc1cnnn1-c1c(F)ccc(C)c1F. The number of hydrogen-bond acceptors (Lipinski definition) is 3. The Labute approximate surface area is 110 Å². The summed E-state index contributed by atoms with van der Waals surface area (Å²) in [6.45, 7) is 4.92. The lowest BCUT2D eigenvalue weighted by Gasteiger charge is -2.10. The summed E-state index contributed by atoms with van der Waals surface area (Å²) in [5.74, 6) is -1.26. The van der Waals surface area contributed by atoms with Gasteiger partial charge in [-0.1, -0.05) is 18.2 Å². The van der Waals surface area contributed by atoms with Gasteiger partial charge in [0.1, 0.15) is 5.69 Å². The van der Waals surface area contributed by atoms with E-state index in [-0.39, 0.29) is 5.69 Å². The Hall–Kier alpha value is -1.82. The maximum atomic E-state index is 14.0. The number of nitrogens with one attached hydrogen (secondary N) is 1. The first-order chi connectivity index (χ1) is 9.15. The summed E-state index contributed by atoms with van der Waals surface area (Å²) in [5.41, 5.74) is 0.821. The Balaban J connectivity index is 2.37. The van der Waals surface area contributed by atoms with Crippen LogP contribution in [0.3, 0.4) is 0 Å². The molecule has 102 valence electrons. The van der Waals surface area contributed by atoms with E-state index in [0.29, 0.717) is 17.8 Å². The minimum absolute atomic E-state index is 0.175. The van der Waals surface area contributed by atoms with Crippen LogP contribution in [0.25, 0.3) is 5.69 Å². The summed E-state index contributed by atoms with van der Waals surface area (Å²) < 4.78 is 29.1. The molecule has 6 heteroatoms. The Kier molecular flexibility index (Phi) is 4.21. The summed E-state index contributed by atoms with van der Waals surface area (Å²) in [7, 11) is 0. The molecule has 0 aliphatic rings. The quantitative estimate of drug-likeness (QED) is 0.845. The van der Waals surface area contributed by atoms with Crippen molar-refractivity contribution in [2.45, 2.75) is 26.8 Å². The fraction of sp³-hybridized carbons (Fsp3) is 0.385. The molecule has 0 unspecified atom stereocenters. The van der Waals surface area contributed by atoms with Gasteiger partial charge in [0.2, 0.25) is 0 Å². The van der Waals surface area contributed by atoms with Crippen molar-refractivity contribution in [3.63, 3.8) is 0 Å². The van der Waals surface area contributed by atoms with Crippen molar-refractivity contribution in [2.75, 3.05) is 6.54 Å². The van der Waals surface area contributed by atoms with E-state index in [1.165, 1.54) is 23.0 Å². The van der Waals surface area contributed by atoms with Gasteiger partial charge in [0.15, 0.2) is 11.6 Å². The molecule has 2 aromatic rings. The molecule has 0 aliphatic heterocycles. The van der Waals surface area contributed by atoms with E-state index < -0.39 is 11.6 Å². The molecule has 0 saturated heterocycles. The predicted molar refractivity (Wildman–Crippen MR) is 68.0 cm³/mol. The van der Waals surface area contributed by atoms with Crippen LogP contribution < -0.4 is 5.32 Å². The molecule has 0 amide bonds. The zero-order valence-electron chi connectivity index (χ0n) is 11.0. The van der Waals surface area contributed by atoms with Gasteiger partial charge in [-0.05, 0) is 31.5 Å². The van der Waals surface area contributed by atoms with Crippen molar-refractivity contribution in [3.05, 3.63) is 41.2 Å². The summed E-state index contributed by atoms with van der Waals surface area (Å²) >= 11 is 0. The number of hydrogen-bond donors (Lipinski definition) is 1. The standard InChI is InChI=1S/C13H16F2N4/c1-3-6-16-7-10-8-17-18-19(10)13-11(14)5-4-9(2)12(13)15/h4-5,8,16H,3,6-7H2,1-2H3. The largest absolute Gasteiger partial charge is 0.311 e. The summed E-state index contributed by atoms with van der Waals surface area (Å²) in [6, 6.07) is 2.64. The lowest BCUT2D eigenvalue weighted by Crippen LogP contribution is -2.18. The normalized spacial score (nSPS) is 10.9. The monoisotopic (exact) mass is 266 g/mol. The van der Waals surface area contributed by atoms with Crippen molar-refractivity contribution < 1.29 is 8.78 Å². The molecule has 19 heavy (non-hydrogen) atoms. The second-order valence-corrected chi connectivity index (χ2v) is 4.34. The second kappa shape index (κ2) is 5.88. The maximum Gasteiger partial charge on any atom is 0.154 e. The lowest BCUT2D eigenvalue weighted by atomic mass is 10.2. The number of rotatable bonds is 5. The molecule has 1 aromatic carbocycles. The van der Waals surface area contributed by atoms with Crippen molar-refractivity contribution in [1.82, 2.24) is 20.3 Å². The summed E-state index contributed by atoms with van der Waals surface area (Å²) in [5, 5.41) is 10.7. The van der Waals surface area contributed by atoms with Crippen LogP contribution in [-0.4, -0.2) is 21.5 Å². The van der Waals surface area contributed by atoms with Gasteiger partial charge in [-0.25, -0.2) is 13.5 Å². The van der Waals surface area contributed by atoms with E-state index in [4.69, 9.17) is 0 Å². The molecule has 0 radical (unpaired) electrons. The van der Waals surface area contributed by atoms with Crippen molar-refractivity contribution >= 4 is 0 Å². The molecular formula is C13H16F2N4. The molecule has 1 N–H and O–H groups in total. The van der Waals surface area contributed by atoms with Gasteiger partial charge in [0, 0.05) is 6.54 Å². The fourth-order valence-corrected chi connectivity index (χ4v) is 1.79. The van der Waals surface area contributed by atoms with E-state index in [1.54, 1.807) is 6.92 Å². The molecule has 1 aromatic heterocycles. The number of aromatic nitrogens is 3. The lowest BCUT2D eigenvalue weighted by molar-refractivity contribution is 0.541.